The van der Waals surface area contributed by atoms with E-state index >= 15 is 0 Å². The molecule has 26 heavy (non-hydrogen) atoms. The lowest BCUT2D eigenvalue weighted by atomic mass is 9.98. The minimum Gasteiger partial charge on any atom is -0.349 e. The van der Waals surface area contributed by atoms with Gasteiger partial charge in [0.05, 0.1) is 6.04 Å². The molecule has 0 saturated carbocycles. The van der Waals surface area contributed by atoms with Gasteiger partial charge >= 0.3 is 0 Å². The first-order chi connectivity index (χ1) is 12.5. The summed E-state index contributed by atoms with van der Waals surface area (Å²) in [6.45, 7) is 5.66. The lowest BCUT2D eigenvalue weighted by molar-refractivity contribution is -0.121. The molecular formula is C21H25N3O2. The van der Waals surface area contributed by atoms with Gasteiger partial charge in [-0.2, -0.15) is 5.26 Å². The molecule has 1 unspecified atom stereocenters. The molecule has 1 aromatic carbocycles. The molecule has 5 heteroatoms. The van der Waals surface area contributed by atoms with Gasteiger partial charge in [-0.1, -0.05) is 43.7 Å². The van der Waals surface area contributed by atoms with Crippen molar-refractivity contribution in [2.75, 3.05) is 0 Å². The first-order valence-corrected chi connectivity index (χ1v) is 8.94. The highest BCUT2D eigenvalue weighted by Crippen LogP contribution is 2.19. The first kappa shape index (κ1) is 19.5. The van der Waals surface area contributed by atoms with Gasteiger partial charge in [0, 0.05) is 12.1 Å². The van der Waals surface area contributed by atoms with Crippen LogP contribution in [0.15, 0.2) is 35.1 Å². The molecule has 1 aromatic heterocycles. The fourth-order valence-corrected chi connectivity index (χ4v) is 3.22. The Balaban J connectivity index is 2.09. The lowest BCUT2D eigenvalue weighted by Gasteiger charge is -2.19. The van der Waals surface area contributed by atoms with E-state index < -0.39 is 0 Å². The zero-order valence-corrected chi connectivity index (χ0v) is 15.6. The summed E-state index contributed by atoms with van der Waals surface area (Å²) in [6, 6.07) is 11.9. The highest BCUT2D eigenvalue weighted by molar-refractivity contribution is 5.76. The molecule has 0 aliphatic carbocycles. The van der Waals surface area contributed by atoms with Gasteiger partial charge in [-0.25, -0.2) is 0 Å². The van der Waals surface area contributed by atoms with Crippen LogP contribution in [0.25, 0.3) is 0 Å². The molecule has 1 amide bonds. The van der Waals surface area contributed by atoms with Crippen LogP contribution in [0.5, 0.6) is 0 Å². The molecule has 1 heterocycles. The quantitative estimate of drug-likeness (QED) is 0.801. The fourth-order valence-electron chi connectivity index (χ4n) is 3.22. The zero-order valence-electron chi connectivity index (χ0n) is 15.6. The van der Waals surface area contributed by atoms with Crippen LogP contribution >= 0.6 is 0 Å². The number of rotatable bonds is 7. The van der Waals surface area contributed by atoms with Gasteiger partial charge in [0.25, 0.3) is 5.56 Å². The zero-order chi connectivity index (χ0) is 19.1. The molecule has 0 radical (unpaired) electrons. The number of aryl methyl sites for hydroxylation is 1. The second kappa shape index (κ2) is 9.00. The standard InChI is InChI=1S/C21H25N3O2/c1-4-8-19(16-9-6-5-7-10-16)24-20(25)12-11-17-14(2)18(13-22)21(26)23-15(17)3/h5-7,9-10,19H,4,8,11-12H2,1-3H3,(H,23,26)(H,24,25). The van der Waals surface area contributed by atoms with E-state index in [1.165, 1.54) is 0 Å². The average molecular weight is 351 g/mol. The number of nitrogens with one attached hydrogen (secondary N) is 2. The van der Waals surface area contributed by atoms with E-state index in [1.807, 2.05) is 36.4 Å². The Morgan fingerprint density at radius 3 is 2.58 bits per heavy atom. The van der Waals surface area contributed by atoms with Crippen molar-refractivity contribution in [3.05, 3.63) is 68.6 Å². The van der Waals surface area contributed by atoms with E-state index in [1.54, 1.807) is 13.8 Å². The van der Waals surface area contributed by atoms with Gasteiger partial charge in [0.15, 0.2) is 0 Å². The van der Waals surface area contributed by atoms with Crippen LogP contribution in [-0.4, -0.2) is 10.9 Å². The van der Waals surface area contributed by atoms with Crippen molar-refractivity contribution in [1.29, 1.82) is 5.26 Å². The number of nitriles is 1. The number of benzene rings is 1. The summed E-state index contributed by atoms with van der Waals surface area (Å²) in [5.41, 5.74) is 3.10. The van der Waals surface area contributed by atoms with E-state index in [0.29, 0.717) is 24.1 Å². The molecule has 0 spiro atoms. The Labute approximate surface area is 154 Å². The van der Waals surface area contributed by atoms with Gasteiger partial charge in [-0.3, -0.25) is 9.59 Å². The molecule has 0 fully saturated rings. The number of amides is 1. The summed E-state index contributed by atoms with van der Waals surface area (Å²) >= 11 is 0. The predicted molar refractivity (Wildman–Crippen MR) is 102 cm³/mol. The number of pyridine rings is 1. The summed E-state index contributed by atoms with van der Waals surface area (Å²) in [5.74, 6) is -0.0317. The van der Waals surface area contributed by atoms with Crippen molar-refractivity contribution in [2.45, 2.75) is 52.5 Å². The minimum atomic E-state index is -0.372. The minimum absolute atomic E-state index is 0.00106. The summed E-state index contributed by atoms with van der Waals surface area (Å²) in [6.07, 6.45) is 2.66. The molecule has 0 saturated heterocycles. The van der Waals surface area contributed by atoms with Crippen molar-refractivity contribution in [3.8, 4) is 6.07 Å². The molecule has 2 N–H and O–H groups in total. The van der Waals surface area contributed by atoms with Crippen molar-refractivity contribution in [2.24, 2.45) is 0 Å². The third-order valence-corrected chi connectivity index (χ3v) is 4.64. The molecule has 2 rings (SSSR count). The van der Waals surface area contributed by atoms with Crippen LogP contribution in [0.3, 0.4) is 0 Å². The molecule has 136 valence electrons. The summed E-state index contributed by atoms with van der Waals surface area (Å²) in [4.78, 5) is 27.0. The summed E-state index contributed by atoms with van der Waals surface area (Å²) < 4.78 is 0. The largest absolute Gasteiger partial charge is 0.349 e. The average Bonchev–Trinajstić information content (AvgIpc) is 2.62. The van der Waals surface area contributed by atoms with E-state index in [2.05, 4.69) is 17.2 Å². The molecular weight excluding hydrogens is 326 g/mol. The van der Waals surface area contributed by atoms with Crippen LogP contribution in [0.2, 0.25) is 0 Å². The number of aromatic amines is 1. The predicted octanol–water partition coefficient (Wildman–Crippen LogP) is 3.45. The normalized spacial score (nSPS) is 11.6. The van der Waals surface area contributed by atoms with Crippen molar-refractivity contribution in [3.63, 3.8) is 0 Å². The maximum absolute atomic E-state index is 12.5. The Morgan fingerprint density at radius 1 is 1.27 bits per heavy atom. The Bertz CT molecular complexity index is 863. The monoisotopic (exact) mass is 351 g/mol. The van der Waals surface area contributed by atoms with Crippen LogP contribution in [0.1, 0.15) is 60.2 Å². The van der Waals surface area contributed by atoms with Crippen molar-refractivity contribution in [1.82, 2.24) is 10.3 Å². The van der Waals surface area contributed by atoms with E-state index in [-0.39, 0.29) is 23.1 Å². The fraction of sp³-hybridized carbons (Fsp3) is 0.381. The highest BCUT2D eigenvalue weighted by atomic mass is 16.1. The Hall–Kier alpha value is -2.87. The molecule has 0 aliphatic heterocycles. The van der Waals surface area contributed by atoms with Crippen LogP contribution in [0.4, 0.5) is 0 Å². The van der Waals surface area contributed by atoms with Crippen LogP contribution < -0.4 is 10.9 Å². The van der Waals surface area contributed by atoms with Crippen LogP contribution in [0, 0.1) is 25.2 Å². The number of hydrogen-bond acceptors (Lipinski definition) is 3. The molecule has 5 nitrogen and oxygen atoms in total. The smallest absolute Gasteiger partial charge is 0.266 e. The van der Waals surface area contributed by atoms with E-state index in [0.717, 1.165) is 24.0 Å². The van der Waals surface area contributed by atoms with E-state index in [4.69, 9.17) is 5.26 Å². The molecule has 0 bridgehead atoms. The number of carbonyl (C=O) groups excluding carboxylic acids is 1. The highest BCUT2D eigenvalue weighted by Gasteiger charge is 2.16. The molecule has 0 aliphatic rings. The van der Waals surface area contributed by atoms with Gasteiger partial charge in [0.1, 0.15) is 11.6 Å². The third kappa shape index (κ3) is 4.60. The number of aromatic nitrogens is 1. The number of carbonyl (C=O) groups is 1. The number of nitrogens with zero attached hydrogens (tertiary/aromatic N) is 1. The van der Waals surface area contributed by atoms with Gasteiger partial charge in [-0.15, -0.1) is 0 Å². The van der Waals surface area contributed by atoms with Gasteiger partial charge in [-0.05, 0) is 43.4 Å². The Morgan fingerprint density at radius 2 is 1.96 bits per heavy atom. The van der Waals surface area contributed by atoms with E-state index in [9.17, 15) is 9.59 Å². The van der Waals surface area contributed by atoms with Crippen LogP contribution in [-0.2, 0) is 11.2 Å². The van der Waals surface area contributed by atoms with Gasteiger partial charge in [0.2, 0.25) is 5.91 Å². The second-order valence-electron chi connectivity index (χ2n) is 6.49. The summed E-state index contributed by atoms with van der Waals surface area (Å²) in [7, 11) is 0. The maximum atomic E-state index is 12.5. The summed E-state index contributed by atoms with van der Waals surface area (Å²) in [5, 5.41) is 12.3. The lowest BCUT2D eigenvalue weighted by Crippen LogP contribution is -2.29. The Kier molecular flexibility index (Phi) is 6.74. The molecule has 2 aromatic rings. The SMILES string of the molecule is CCCC(NC(=O)CCc1c(C)[nH]c(=O)c(C#N)c1C)c1ccccc1. The van der Waals surface area contributed by atoms with Gasteiger partial charge < -0.3 is 10.3 Å². The van der Waals surface area contributed by atoms with Crippen molar-refractivity contribution >= 4 is 5.91 Å². The number of hydrogen-bond donors (Lipinski definition) is 2. The topological polar surface area (TPSA) is 85.8 Å². The third-order valence-electron chi connectivity index (χ3n) is 4.64. The first-order valence-electron chi connectivity index (χ1n) is 8.94. The molecule has 1 atom stereocenters. The number of H-pyrrole nitrogens is 1. The second-order valence-corrected chi connectivity index (χ2v) is 6.49. The maximum Gasteiger partial charge on any atom is 0.266 e. The van der Waals surface area contributed by atoms with Crippen molar-refractivity contribution < 1.29 is 4.79 Å².